The Morgan fingerprint density at radius 3 is 1.36 bits per heavy atom. The van der Waals surface area contributed by atoms with Crippen LogP contribution in [-0.2, 0) is 0 Å². The summed E-state index contributed by atoms with van der Waals surface area (Å²) in [5, 5.41) is 13.3. The van der Waals surface area contributed by atoms with E-state index in [1.807, 2.05) is 12.2 Å². The lowest BCUT2D eigenvalue weighted by Gasteiger charge is -2.22. The zero-order valence-corrected chi connectivity index (χ0v) is 32.0. The first-order valence-electron chi connectivity index (χ1n) is 19.0. The Kier molecular flexibility index (Phi) is 12.1. The molecule has 2 nitrogen and oxygen atoms in total. The number of rotatable bonds is 6. The van der Waals surface area contributed by atoms with Gasteiger partial charge in [-0.1, -0.05) is 188 Å². The summed E-state index contributed by atoms with van der Waals surface area (Å²) in [7, 11) is 0. The van der Waals surface area contributed by atoms with Crippen molar-refractivity contribution >= 4 is 67.3 Å². The average molecular weight is 723 g/mol. The number of hydrogen-bond acceptors (Lipinski definition) is 2. The molecule has 9 aromatic rings. The maximum absolute atomic E-state index is 3.85. The van der Waals surface area contributed by atoms with Gasteiger partial charge >= 0.3 is 0 Å². The molecule has 0 heterocycles. The quantitative estimate of drug-likeness (QED) is 0.184. The van der Waals surface area contributed by atoms with Gasteiger partial charge in [0.1, 0.15) is 0 Å². The maximum Gasteiger partial charge on any atom is 0.0462 e. The first-order valence-corrected chi connectivity index (χ1v) is 19.0. The molecule has 0 bridgehead atoms. The highest BCUT2D eigenvalue weighted by Gasteiger charge is 2.08. The molecule has 0 unspecified atom stereocenters. The van der Waals surface area contributed by atoms with Crippen LogP contribution in [0, 0.1) is 13.8 Å². The molecule has 0 aliphatic carbocycles. The second kappa shape index (κ2) is 18.2. The Morgan fingerprint density at radius 2 is 0.804 bits per heavy atom. The predicted octanol–water partition coefficient (Wildman–Crippen LogP) is 13.4. The molecule has 0 radical (unpaired) electrons. The van der Waals surface area contributed by atoms with E-state index in [4.69, 9.17) is 0 Å². The summed E-state index contributed by atoms with van der Waals surface area (Å²) in [5.74, 6) is 0. The summed E-state index contributed by atoms with van der Waals surface area (Å²) in [4.78, 5) is 2.25. The van der Waals surface area contributed by atoms with E-state index in [9.17, 15) is 0 Å². The molecule has 0 aliphatic heterocycles. The monoisotopic (exact) mass is 722 g/mol. The fourth-order valence-electron chi connectivity index (χ4n) is 6.58. The van der Waals surface area contributed by atoms with E-state index in [0.717, 1.165) is 33.2 Å². The van der Waals surface area contributed by atoms with Crippen LogP contribution < -0.4 is 20.7 Å². The molecule has 272 valence electrons. The van der Waals surface area contributed by atoms with Crippen molar-refractivity contribution in [3.05, 3.63) is 240 Å². The minimum atomic E-state index is 1.12. The third-order valence-electron chi connectivity index (χ3n) is 9.63. The molecular formula is C54H46N2. The van der Waals surface area contributed by atoms with E-state index in [0.29, 0.717) is 0 Å². The van der Waals surface area contributed by atoms with E-state index in [1.165, 1.54) is 43.4 Å². The normalized spacial score (nSPS) is 11.3. The third kappa shape index (κ3) is 9.68. The molecule has 1 N–H and O–H groups in total. The van der Waals surface area contributed by atoms with E-state index in [2.05, 4.69) is 243 Å². The largest absolute Gasteiger partial charge is 0.356 e. The molecule has 9 aromatic carbocycles. The Hall–Kier alpha value is -7.16. The van der Waals surface area contributed by atoms with Crippen molar-refractivity contribution in [3.63, 3.8) is 0 Å². The first-order chi connectivity index (χ1) is 27.5. The molecule has 0 atom stereocenters. The van der Waals surface area contributed by atoms with Gasteiger partial charge in [-0.05, 0) is 105 Å². The average Bonchev–Trinajstić information content (AvgIpc) is 3.25. The predicted molar refractivity (Wildman–Crippen MR) is 244 cm³/mol. The molecule has 0 spiro atoms. The molecule has 0 fully saturated rings. The highest BCUT2D eigenvalue weighted by Crippen LogP contribution is 2.29. The summed E-state index contributed by atoms with van der Waals surface area (Å²) in [6, 6.07) is 72.1. The fraction of sp³-hybridized carbons (Fsp3) is 0.0370. The van der Waals surface area contributed by atoms with E-state index < -0.39 is 0 Å². The third-order valence-corrected chi connectivity index (χ3v) is 9.63. The molecule has 0 aromatic heterocycles. The van der Waals surface area contributed by atoms with Gasteiger partial charge in [0.05, 0.1) is 0 Å². The summed E-state index contributed by atoms with van der Waals surface area (Å²) in [6.07, 6.45) is 6.07. The van der Waals surface area contributed by atoms with Crippen LogP contribution in [0.4, 0.5) is 22.7 Å². The van der Waals surface area contributed by atoms with Gasteiger partial charge in [-0.25, -0.2) is 0 Å². The van der Waals surface area contributed by atoms with Crippen LogP contribution >= 0.6 is 0 Å². The highest BCUT2D eigenvalue weighted by molar-refractivity contribution is 5.89. The van der Waals surface area contributed by atoms with Crippen molar-refractivity contribution in [1.82, 2.24) is 0 Å². The van der Waals surface area contributed by atoms with Gasteiger partial charge in [0.15, 0.2) is 0 Å². The Balaban J connectivity index is 0.000000145. The van der Waals surface area contributed by atoms with Crippen molar-refractivity contribution in [2.45, 2.75) is 13.8 Å². The van der Waals surface area contributed by atoms with E-state index >= 15 is 0 Å². The number of nitrogens with one attached hydrogen (secondary N) is 1. The molecule has 0 saturated heterocycles. The van der Waals surface area contributed by atoms with Crippen molar-refractivity contribution < 1.29 is 0 Å². The molecular weight excluding hydrogens is 677 g/mol. The lowest BCUT2D eigenvalue weighted by molar-refractivity contribution is 1.32. The number of aryl methyl sites for hydroxylation is 2. The lowest BCUT2D eigenvalue weighted by atomic mass is 10.1. The SMILES string of the molecule is C=C/C=c1/cccc/c1=C/N(c1ccc(C)cc1)c1ccc2ccccc2c1.Cc1ccc(Nc2ccc3ccccc3c2)cc1.c1ccc2ccccc2c1. The van der Waals surface area contributed by atoms with Gasteiger partial charge in [0.2, 0.25) is 0 Å². The van der Waals surface area contributed by atoms with Gasteiger partial charge in [0, 0.05) is 28.9 Å². The zero-order valence-electron chi connectivity index (χ0n) is 32.0. The molecule has 2 heteroatoms. The molecule has 56 heavy (non-hydrogen) atoms. The van der Waals surface area contributed by atoms with Crippen LogP contribution in [0.15, 0.2) is 219 Å². The molecule has 0 aliphatic rings. The number of allylic oxidation sites excluding steroid dienone is 1. The van der Waals surface area contributed by atoms with Crippen molar-refractivity contribution in [3.8, 4) is 0 Å². The standard InChI is InChI=1S/C27H23N.C17H15N.C10H8/c1-3-8-22-9-5-7-12-25(22)20-28(26-16-13-21(2)14-17-26)27-18-15-23-10-4-6-11-24(23)19-27;1-13-6-9-16(10-7-13)18-17-11-8-14-4-2-3-5-15(14)12-17;1-2-6-10-8-4-3-7-9(10)5-1/h3-20H,1H2,2H3;2-12,18H,1H3;1-8H/b22-8-,25-20-;;. The molecule has 0 amide bonds. The number of benzene rings is 9. The van der Waals surface area contributed by atoms with Crippen molar-refractivity contribution in [1.29, 1.82) is 0 Å². The number of hydrogen-bond donors (Lipinski definition) is 1. The lowest BCUT2D eigenvalue weighted by Crippen LogP contribution is -2.27. The molecule has 9 rings (SSSR count). The zero-order chi connectivity index (χ0) is 38.5. The van der Waals surface area contributed by atoms with Gasteiger partial charge in [-0.3, -0.25) is 0 Å². The number of fused-ring (bicyclic) bond motifs is 3. The summed E-state index contributed by atoms with van der Waals surface area (Å²) < 4.78 is 0. The second-order valence-corrected chi connectivity index (χ2v) is 13.8. The van der Waals surface area contributed by atoms with Crippen LogP contribution in [0.3, 0.4) is 0 Å². The second-order valence-electron chi connectivity index (χ2n) is 13.8. The first kappa shape index (κ1) is 37.2. The number of nitrogens with zero attached hydrogens (tertiary/aromatic N) is 1. The topological polar surface area (TPSA) is 15.3 Å². The Labute approximate surface area is 330 Å². The van der Waals surface area contributed by atoms with Crippen LogP contribution in [0.1, 0.15) is 11.1 Å². The summed E-state index contributed by atoms with van der Waals surface area (Å²) in [5.41, 5.74) is 7.04. The highest BCUT2D eigenvalue weighted by atomic mass is 15.1. The summed E-state index contributed by atoms with van der Waals surface area (Å²) in [6.45, 7) is 8.06. The van der Waals surface area contributed by atoms with Gasteiger partial charge in [-0.2, -0.15) is 0 Å². The van der Waals surface area contributed by atoms with Crippen molar-refractivity contribution in [2.75, 3.05) is 10.2 Å². The van der Waals surface area contributed by atoms with Crippen LogP contribution in [-0.4, -0.2) is 0 Å². The minimum Gasteiger partial charge on any atom is -0.356 e. The maximum atomic E-state index is 3.85. The van der Waals surface area contributed by atoms with Gasteiger partial charge in [-0.15, -0.1) is 0 Å². The molecule has 0 saturated carbocycles. The van der Waals surface area contributed by atoms with Crippen LogP contribution in [0.2, 0.25) is 0 Å². The Bertz CT molecular complexity index is 2750. The number of anilines is 4. The van der Waals surface area contributed by atoms with Gasteiger partial charge < -0.3 is 10.2 Å². The van der Waals surface area contributed by atoms with Crippen LogP contribution in [0.25, 0.3) is 44.6 Å². The Morgan fingerprint density at radius 1 is 0.393 bits per heavy atom. The van der Waals surface area contributed by atoms with Crippen molar-refractivity contribution in [2.24, 2.45) is 0 Å². The smallest absolute Gasteiger partial charge is 0.0462 e. The van der Waals surface area contributed by atoms with E-state index in [-0.39, 0.29) is 0 Å². The van der Waals surface area contributed by atoms with Crippen LogP contribution in [0.5, 0.6) is 0 Å². The van der Waals surface area contributed by atoms with Gasteiger partial charge in [0.25, 0.3) is 0 Å². The summed E-state index contributed by atoms with van der Waals surface area (Å²) >= 11 is 0. The fourth-order valence-corrected chi connectivity index (χ4v) is 6.58. The van der Waals surface area contributed by atoms with E-state index in [1.54, 1.807) is 0 Å². The minimum absolute atomic E-state index is 1.12.